The number of nitrogens with one attached hydrogen (secondary N) is 2. The van der Waals surface area contributed by atoms with Gasteiger partial charge in [0.2, 0.25) is 0 Å². The van der Waals surface area contributed by atoms with Crippen molar-refractivity contribution in [2.24, 2.45) is 0 Å². The van der Waals surface area contributed by atoms with Crippen molar-refractivity contribution in [3.8, 4) is 17.2 Å². The smallest absolute Gasteiger partial charge is 0.171 e. The summed E-state index contributed by atoms with van der Waals surface area (Å²) < 4.78 is 16.3. The fourth-order valence-electron chi connectivity index (χ4n) is 2.25. The van der Waals surface area contributed by atoms with Crippen LogP contribution in [0.2, 0.25) is 0 Å². The minimum Gasteiger partial charge on any atom is -0.493 e. The molecule has 0 heterocycles. The Morgan fingerprint density at radius 2 is 1.88 bits per heavy atom. The fourth-order valence-corrected chi connectivity index (χ4v) is 2.44. The lowest BCUT2D eigenvalue weighted by Crippen LogP contribution is -2.27. The first-order chi connectivity index (χ1) is 12.7. The number of anilines is 1. The van der Waals surface area contributed by atoms with Crippen LogP contribution < -0.4 is 24.8 Å². The van der Waals surface area contributed by atoms with Gasteiger partial charge >= 0.3 is 0 Å². The molecular weight excluding hydrogens is 348 g/mol. The van der Waals surface area contributed by atoms with Crippen molar-refractivity contribution in [2.75, 3.05) is 25.6 Å². The Balaban J connectivity index is 1.88. The van der Waals surface area contributed by atoms with E-state index in [-0.39, 0.29) is 0 Å². The van der Waals surface area contributed by atoms with Crippen molar-refractivity contribution in [1.82, 2.24) is 5.32 Å². The molecule has 0 aliphatic carbocycles. The molecule has 26 heavy (non-hydrogen) atoms. The number of thiocarbonyl (C=S) groups is 1. The van der Waals surface area contributed by atoms with Gasteiger partial charge in [0.1, 0.15) is 12.4 Å². The Morgan fingerprint density at radius 3 is 2.54 bits per heavy atom. The normalized spacial score (nSPS) is 9.92. The van der Waals surface area contributed by atoms with Crippen LogP contribution in [0.5, 0.6) is 17.2 Å². The Bertz CT molecular complexity index is 732. The summed E-state index contributed by atoms with van der Waals surface area (Å²) in [6, 6.07) is 13.4. The van der Waals surface area contributed by atoms with Crippen LogP contribution >= 0.6 is 12.2 Å². The van der Waals surface area contributed by atoms with Gasteiger partial charge < -0.3 is 24.8 Å². The first-order valence-corrected chi connectivity index (χ1v) is 8.75. The second kappa shape index (κ2) is 10.3. The molecular formula is C20H24N2O3S. The molecule has 2 N–H and O–H groups in total. The van der Waals surface area contributed by atoms with Gasteiger partial charge in [-0.2, -0.15) is 0 Å². The van der Waals surface area contributed by atoms with Crippen LogP contribution in [0.25, 0.3) is 0 Å². The number of hydrogen-bond donors (Lipinski definition) is 2. The molecule has 0 amide bonds. The summed E-state index contributed by atoms with van der Waals surface area (Å²) >= 11 is 5.35. The molecule has 138 valence electrons. The highest BCUT2D eigenvalue weighted by molar-refractivity contribution is 7.80. The Kier molecular flexibility index (Phi) is 7.76. The molecule has 5 nitrogen and oxygen atoms in total. The highest BCUT2D eigenvalue weighted by atomic mass is 32.1. The SMILES string of the molecule is C=CCOc1ccc(NC(=S)NCc2ccc(OC)c(OCC)c2)cc1. The monoisotopic (exact) mass is 372 g/mol. The predicted octanol–water partition coefficient (Wildman–Crippen LogP) is 4.15. The number of hydrogen-bond acceptors (Lipinski definition) is 4. The Hall–Kier alpha value is -2.73. The van der Waals surface area contributed by atoms with E-state index in [0.717, 1.165) is 28.5 Å². The van der Waals surface area contributed by atoms with Crippen LogP contribution in [0.3, 0.4) is 0 Å². The molecule has 0 spiro atoms. The minimum absolute atomic E-state index is 0.484. The first kappa shape index (κ1) is 19.6. The third-order valence-corrected chi connectivity index (χ3v) is 3.71. The maximum atomic E-state index is 5.59. The number of rotatable bonds is 9. The van der Waals surface area contributed by atoms with E-state index in [4.69, 9.17) is 26.4 Å². The zero-order chi connectivity index (χ0) is 18.8. The summed E-state index contributed by atoms with van der Waals surface area (Å²) in [6.07, 6.45) is 1.71. The lowest BCUT2D eigenvalue weighted by molar-refractivity contribution is 0.310. The van der Waals surface area contributed by atoms with Gasteiger partial charge in [-0.3, -0.25) is 0 Å². The highest BCUT2D eigenvalue weighted by Crippen LogP contribution is 2.28. The van der Waals surface area contributed by atoms with Crippen molar-refractivity contribution in [3.63, 3.8) is 0 Å². The quantitative estimate of drug-likeness (QED) is 0.510. The van der Waals surface area contributed by atoms with Crippen LogP contribution in [0.1, 0.15) is 12.5 Å². The molecule has 0 atom stereocenters. The fraction of sp³-hybridized carbons (Fsp3) is 0.250. The third-order valence-electron chi connectivity index (χ3n) is 3.46. The predicted molar refractivity (Wildman–Crippen MR) is 109 cm³/mol. The van der Waals surface area contributed by atoms with E-state index in [1.165, 1.54) is 0 Å². The van der Waals surface area contributed by atoms with Crippen LogP contribution in [0.4, 0.5) is 5.69 Å². The van der Waals surface area contributed by atoms with Crippen LogP contribution in [0.15, 0.2) is 55.1 Å². The molecule has 0 saturated heterocycles. The Morgan fingerprint density at radius 1 is 1.12 bits per heavy atom. The van der Waals surface area contributed by atoms with E-state index < -0.39 is 0 Å². The largest absolute Gasteiger partial charge is 0.493 e. The molecule has 2 aromatic carbocycles. The molecule has 0 aliphatic heterocycles. The van der Waals surface area contributed by atoms with Gasteiger partial charge in [0.05, 0.1) is 13.7 Å². The average Bonchev–Trinajstić information content (AvgIpc) is 2.66. The number of methoxy groups -OCH3 is 1. The topological polar surface area (TPSA) is 51.8 Å². The molecule has 0 bridgehead atoms. The van der Waals surface area contributed by atoms with Gasteiger partial charge in [0.15, 0.2) is 16.6 Å². The van der Waals surface area contributed by atoms with Crippen molar-refractivity contribution in [2.45, 2.75) is 13.5 Å². The summed E-state index contributed by atoms with van der Waals surface area (Å²) in [7, 11) is 1.63. The van der Waals surface area contributed by atoms with Gasteiger partial charge in [0.25, 0.3) is 0 Å². The van der Waals surface area contributed by atoms with Crippen LogP contribution in [0, 0.1) is 0 Å². The summed E-state index contributed by atoms with van der Waals surface area (Å²) in [6.45, 7) is 7.21. The molecule has 2 aromatic rings. The summed E-state index contributed by atoms with van der Waals surface area (Å²) in [5.74, 6) is 2.23. The first-order valence-electron chi connectivity index (χ1n) is 8.34. The molecule has 2 rings (SSSR count). The van der Waals surface area contributed by atoms with E-state index in [1.54, 1.807) is 13.2 Å². The van der Waals surface area contributed by atoms with Gasteiger partial charge in [-0.15, -0.1) is 0 Å². The highest BCUT2D eigenvalue weighted by Gasteiger charge is 2.06. The maximum absolute atomic E-state index is 5.59. The lowest BCUT2D eigenvalue weighted by Gasteiger charge is -2.13. The molecule has 6 heteroatoms. The standard InChI is InChI=1S/C20H24N2O3S/c1-4-12-25-17-9-7-16(8-10-17)22-20(26)21-14-15-6-11-18(23-3)19(13-15)24-5-2/h4,6-11,13H,1,5,12,14H2,2-3H3,(H2,21,22,26). The third kappa shape index (κ3) is 5.97. The molecule has 0 fully saturated rings. The summed E-state index contributed by atoms with van der Waals surface area (Å²) in [4.78, 5) is 0. The van der Waals surface area contributed by atoms with Crippen LogP contribution in [-0.2, 0) is 6.54 Å². The van der Waals surface area contributed by atoms with Gasteiger partial charge in [0, 0.05) is 12.2 Å². The molecule has 0 radical (unpaired) electrons. The maximum Gasteiger partial charge on any atom is 0.171 e. The van der Waals surface area contributed by atoms with Crippen molar-refractivity contribution < 1.29 is 14.2 Å². The van der Waals surface area contributed by atoms with Crippen molar-refractivity contribution in [1.29, 1.82) is 0 Å². The van der Waals surface area contributed by atoms with E-state index in [1.807, 2.05) is 49.4 Å². The molecule has 0 saturated carbocycles. The van der Waals surface area contributed by atoms with Gasteiger partial charge in [-0.25, -0.2) is 0 Å². The van der Waals surface area contributed by atoms with E-state index in [9.17, 15) is 0 Å². The van der Waals surface area contributed by atoms with Gasteiger partial charge in [-0.05, 0) is 61.1 Å². The lowest BCUT2D eigenvalue weighted by atomic mass is 10.2. The molecule has 0 aliphatic rings. The zero-order valence-electron chi connectivity index (χ0n) is 15.1. The number of ether oxygens (including phenoxy) is 3. The number of benzene rings is 2. The van der Waals surface area contributed by atoms with Crippen molar-refractivity contribution in [3.05, 3.63) is 60.7 Å². The zero-order valence-corrected chi connectivity index (χ0v) is 15.9. The minimum atomic E-state index is 0.484. The Labute approximate surface area is 160 Å². The summed E-state index contributed by atoms with van der Waals surface area (Å²) in [5, 5.41) is 6.87. The molecule has 0 aromatic heterocycles. The van der Waals surface area contributed by atoms with E-state index >= 15 is 0 Å². The second-order valence-electron chi connectivity index (χ2n) is 5.35. The summed E-state index contributed by atoms with van der Waals surface area (Å²) in [5.41, 5.74) is 1.93. The second-order valence-corrected chi connectivity index (χ2v) is 5.76. The van der Waals surface area contributed by atoms with Gasteiger partial charge in [-0.1, -0.05) is 18.7 Å². The van der Waals surface area contributed by atoms with Crippen molar-refractivity contribution >= 4 is 23.0 Å². The molecule has 0 unspecified atom stereocenters. The average molecular weight is 372 g/mol. The van der Waals surface area contributed by atoms with E-state index in [2.05, 4.69) is 17.2 Å². The van der Waals surface area contributed by atoms with E-state index in [0.29, 0.717) is 24.9 Å². The van der Waals surface area contributed by atoms with Crippen LogP contribution in [-0.4, -0.2) is 25.4 Å².